The largest absolute Gasteiger partial charge is 0.383 e. The standard InChI is InChI=1S/C17H14N4OS/c1-9(7-18)10-2-4-11(5-3-10)14-6-12-15(23-14)13(17(20)22)8-21-16(12)19/h2-6,8-9H,1H3,(H2,19,21)(H2,20,22). The molecule has 1 amide bonds. The number of nitrogens with zero attached hydrogens (tertiary/aromatic N) is 2. The summed E-state index contributed by atoms with van der Waals surface area (Å²) in [7, 11) is 0. The first kappa shape index (κ1) is 15.0. The molecule has 0 saturated carbocycles. The Bertz CT molecular complexity index is 938. The number of primary amides is 1. The molecule has 0 aliphatic carbocycles. The van der Waals surface area contributed by atoms with E-state index in [0.717, 1.165) is 26.1 Å². The smallest absolute Gasteiger partial charge is 0.251 e. The second-order valence-corrected chi connectivity index (χ2v) is 6.30. The van der Waals surface area contributed by atoms with E-state index in [-0.39, 0.29) is 5.92 Å². The minimum Gasteiger partial charge on any atom is -0.383 e. The maximum atomic E-state index is 11.5. The number of rotatable bonds is 3. The number of anilines is 1. The summed E-state index contributed by atoms with van der Waals surface area (Å²) in [6, 6.07) is 11.9. The number of pyridine rings is 1. The number of amides is 1. The molecule has 23 heavy (non-hydrogen) atoms. The lowest BCUT2D eigenvalue weighted by Gasteiger charge is -2.03. The van der Waals surface area contributed by atoms with Crippen molar-refractivity contribution in [2.24, 2.45) is 5.73 Å². The van der Waals surface area contributed by atoms with Gasteiger partial charge in [-0.1, -0.05) is 24.3 Å². The van der Waals surface area contributed by atoms with Crippen LogP contribution < -0.4 is 11.5 Å². The van der Waals surface area contributed by atoms with Crippen LogP contribution in [-0.2, 0) is 0 Å². The lowest BCUT2D eigenvalue weighted by molar-refractivity contribution is 0.100. The lowest BCUT2D eigenvalue weighted by atomic mass is 10.0. The Morgan fingerprint density at radius 1 is 1.35 bits per heavy atom. The van der Waals surface area contributed by atoms with E-state index in [9.17, 15) is 4.79 Å². The average molecular weight is 322 g/mol. The summed E-state index contributed by atoms with van der Waals surface area (Å²) < 4.78 is 0.745. The average Bonchev–Trinajstić information content (AvgIpc) is 3.00. The number of nitriles is 1. The van der Waals surface area contributed by atoms with Gasteiger partial charge in [0.15, 0.2) is 0 Å². The lowest BCUT2D eigenvalue weighted by Crippen LogP contribution is -2.11. The van der Waals surface area contributed by atoms with Crippen LogP contribution in [0.1, 0.15) is 28.8 Å². The quantitative estimate of drug-likeness (QED) is 0.771. The molecule has 1 atom stereocenters. The van der Waals surface area contributed by atoms with Gasteiger partial charge in [0.25, 0.3) is 5.91 Å². The topological polar surface area (TPSA) is 106 Å². The van der Waals surface area contributed by atoms with Crippen LogP contribution in [0.4, 0.5) is 5.82 Å². The van der Waals surface area contributed by atoms with Gasteiger partial charge in [-0.3, -0.25) is 4.79 Å². The molecule has 0 saturated heterocycles. The van der Waals surface area contributed by atoms with E-state index < -0.39 is 5.91 Å². The zero-order valence-corrected chi connectivity index (χ0v) is 13.2. The van der Waals surface area contributed by atoms with Gasteiger partial charge in [0.1, 0.15) is 5.82 Å². The second kappa shape index (κ2) is 5.71. The third-order valence-corrected chi connectivity index (χ3v) is 4.96. The van der Waals surface area contributed by atoms with Gasteiger partial charge in [-0.25, -0.2) is 4.98 Å². The van der Waals surface area contributed by atoms with Crippen molar-refractivity contribution in [3.63, 3.8) is 0 Å². The molecule has 0 aliphatic heterocycles. The van der Waals surface area contributed by atoms with E-state index in [1.165, 1.54) is 17.5 Å². The van der Waals surface area contributed by atoms with Gasteiger partial charge < -0.3 is 11.5 Å². The summed E-state index contributed by atoms with van der Waals surface area (Å²) >= 11 is 1.45. The van der Waals surface area contributed by atoms with Crippen molar-refractivity contribution in [2.45, 2.75) is 12.8 Å². The predicted octanol–water partition coefficient (Wildman–Crippen LogP) is 3.27. The van der Waals surface area contributed by atoms with Crippen LogP contribution in [-0.4, -0.2) is 10.9 Å². The van der Waals surface area contributed by atoms with Crippen LogP contribution >= 0.6 is 11.3 Å². The van der Waals surface area contributed by atoms with Gasteiger partial charge >= 0.3 is 0 Å². The van der Waals surface area contributed by atoms with Crippen molar-refractivity contribution >= 4 is 33.1 Å². The Kier molecular flexibility index (Phi) is 3.72. The third-order valence-electron chi connectivity index (χ3n) is 3.74. The number of benzene rings is 1. The van der Waals surface area contributed by atoms with Gasteiger partial charge in [-0.05, 0) is 24.1 Å². The molecule has 0 spiro atoms. The maximum absolute atomic E-state index is 11.5. The molecule has 2 heterocycles. The van der Waals surface area contributed by atoms with Crippen LogP contribution in [0.2, 0.25) is 0 Å². The van der Waals surface area contributed by atoms with Crippen LogP contribution in [0.5, 0.6) is 0 Å². The minimum atomic E-state index is -0.519. The molecular weight excluding hydrogens is 308 g/mol. The van der Waals surface area contributed by atoms with E-state index >= 15 is 0 Å². The monoisotopic (exact) mass is 322 g/mol. The molecular formula is C17H14N4OS. The molecule has 0 bridgehead atoms. The number of fused-ring (bicyclic) bond motifs is 1. The molecule has 1 unspecified atom stereocenters. The van der Waals surface area contributed by atoms with Gasteiger partial charge in [-0.15, -0.1) is 11.3 Å². The Hall–Kier alpha value is -2.91. The van der Waals surface area contributed by atoms with Gasteiger partial charge in [0.2, 0.25) is 0 Å². The highest BCUT2D eigenvalue weighted by Gasteiger charge is 2.15. The molecule has 6 heteroatoms. The zero-order chi connectivity index (χ0) is 16.6. The minimum absolute atomic E-state index is 0.146. The van der Waals surface area contributed by atoms with E-state index in [1.807, 2.05) is 37.3 Å². The number of nitrogens with two attached hydrogens (primary N) is 2. The SMILES string of the molecule is CC(C#N)c1ccc(-c2cc3c(N)ncc(C(N)=O)c3s2)cc1. The highest BCUT2D eigenvalue weighted by molar-refractivity contribution is 7.22. The Morgan fingerprint density at radius 3 is 2.65 bits per heavy atom. The second-order valence-electron chi connectivity index (χ2n) is 5.25. The number of nitrogen functional groups attached to an aromatic ring is 1. The third kappa shape index (κ3) is 2.62. The van der Waals surface area contributed by atoms with Crippen molar-refractivity contribution in [1.82, 2.24) is 4.98 Å². The molecule has 2 aromatic heterocycles. The van der Waals surface area contributed by atoms with Crippen LogP contribution in [0.25, 0.3) is 20.5 Å². The van der Waals surface area contributed by atoms with Gasteiger partial charge in [-0.2, -0.15) is 5.26 Å². The summed E-state index contributed by atoms with van der Waals surface area (Å²) in [5, 5.41) is 9.70. The summed E-state index contributed by atoms with van der Waals surface area (Å²) in [6.45, 7) is 1.86. The molecule has 0 fully saturated rings. The summed E-state index contributed by atoms with van der Waals surface area (Å²) in [5.74, 6) is -0.288. The van der Waals surface area contributed by atoms with Gasteiger partial charge in [0, 0.05) is 16.5 Å². The molecule has 3 rings (SSSR count). The molecule has 0 radical (unpaired) electrons. The number of hydrogen-bond donors (Lipinski definition) is 2. The Labute approximate surface area is 137 Å². The fourth-order valence-corrected chi connectivity index (χ4v) is 3.56. The van der Waals surface area contributed by atoms with E-state index in [1.54, 1.807) is 0 Å². The van der Waals surface area contributed by atoms with Crippen LogP contribution in [0.15, 0.2) is 36.5 Å². The van der Waals surface area contributed by atoms with E-state index in [4.69, 9.17) is 16.7 Å². The number of aromatic nitrogens is 1. The highest BCUT2D eigenvalue weighted by Crippen LogP contribution is 2.37. The van der Waals surface area contributed by atoms with E-state index in [0.29, 0.717) is 11.4 Å². The number of carbonyl (C=O) groups excluding carboxylic acids is 1. The summed E-state index contributed by atoms with van der Waals surface area (Å²) in [6.07, 6.45) is 1.41. The summed E-state index contributed by atoms with van der Waals surface area (Å²) in [5.41, 5.74) is 13.6. The fourth-order valence-electron chi connectivity index (χ4n) is 2.37. The number of carbonyl (C=O) groups is 1. The molecule has 3 aromatic rings. The van der Waals surface area contributed by atoms with Crippen molar-refractivity contribution in [3.8, 4) is 16.5 Å². The predicted molar refractivity (Wildman–Crippen MR) is 92.0 cm³/mol. The Morgan fingerprint density at radius 2 is 2.04 bits per heavy atom. The number of hydrogen-bond acceptors (Lipinski definition) is 5. The van der Waals surface area contributed by atoms with Crippen molar-refractivity contribution in [3.05, 3.63) is 47.7 Å². The van der Waals surface area contributed by atoms with Crippen LogP contribution in [0.3, 0.4) is 0 Å². The van der Waals surface area contributed by atoms with Crippen LogP contribution in [0, 0.1) is 11.3 Å². The zero-order valence-electron chi connectivity index (χ0n) is 12.4. The first-order chi connectivity index (χ1) is 11.0. The Balaban J connectivity index is 2.11. The van der Waals surface area contributed by atoms with Crippen molar-refractivity contribution in [2.75, 3.05) is 5.73 Å². The fraction of sp³-hybridized carbons (Fsp3) is 0.118. The van der Waals surface area contributed by atoms with E-state index in [2.05, 4.69) is 11.1 Å². The van der Waals surface area contributed by atoms with Gasteiger partial charge in [0.05, 0.1) is 22.3 Å². The molecule has 1 aromatic carbocycles. The summed E-state index contributed by atoms with van der Waals surface area (Å²) in [4.78, 5) is 16.5. The normalized spacial score (nSPS) is 12.0. The van der Waals surface area contributed by atoms with Crippen molar-refractivity contribution < 1.29 is 4.79 Å². The molecule has 4 N–H and O–H groups in total. The molecule has 5 nitrogen and oxygen atoms in total. The molecule has 114 valence electrons. The first-order valence-electron chi connectivity index (χ1n) is 6.99. The highest BCUT2D eigenvalue weighted by atomic mass is 32.1. The first-order valence-corrected chi connectivity index (χ1v) is 7.80. The molecule has 0 aliphatic rings. The maximum Gasteiger partial charge on any atom is 0.251 e. The number of thiophene rings is 1. The van der Waals surface area contributed by atoms with Crippen molar-refractivity contribution in [1.29, 1.82) is 5.26 Å².